The quantitative estimate of drug-likeness (QED) is 0.414. The summed E-state index contributed by atoms with van der Waals surface area (Å²) in [7, 11) is 1.57. The Morgan fingerprint density at radius 1 is 1.12 bits per heavy atom. The van der Waals surface area contributed by atoms with Crippen LogP contribution in [0, 0.1) is 12.1 Å². The van der Waals surface area contributed by atoms with Gasteiger partial charge in [0.1, 0.15) is 0 Å². The minimum atomic E-state index is -0.176. The van der Waals surface area contributed by atoms with E-state index in [0.29, 0.717) is 24.4 Å². The Hall–Kier alpha value is -4.38. The van der Waals surface area contributed by atoms with Gasteiger partial charge in [-0.05, 0) is 55.5 Å². The Kier molecular flexibility index (Phi) is 6.81. The highest BCUT2D eigenvalue weighted by Crippen LogP contribution is 2.19. The third kappa shape index (κ3) is 5.10. The topological polar surface area (TPSA) is 94.0 Å². The zero-order valence-corrected chi connectivity index (χ0v) is 18.5. The van der Waals surface area contributed by atoms with Crippen molar-refractivity contribution in [3.63, 3.8) is 0 Å². The molecule has 0 aliphatic rings. The fourth-order valence-electron chi connectivity index (χ4n) is 3.47. The molecule has 2 aromatic heterocycles. The lowest BCUT2D eigenvalue weighted by atomic mass is 10.1. The minimum absolute atomic E-state index is 0.176. The zero-order valence-electron chi connectivity index (χ0n) is 18.5. The van der Waals surface area contributed by atoms with Crippen molar-refractivity contribution in [3.05, 3.63) is 90.0 Å². The summed E-state index contributed by atoms with van der Waals surface area (Å²) in [5, 5.41) is 15.0. The highest BCUT2D eigenvalue weighted by atomic mass is 16.5. The number of benzene rings is 1. The van der Waals surface area contributed by atoms with Crippen LogP contribution in [0.3, 0.4) is 0 Å². The predicted molar refractivity (Wildman–Crippen MR) is 125 cm³/mol. The van der Waals surface area contributed by atoms with Crippen LogP contribution in [0.15, 0.2) is 60.9 Å². The van der Waals surface area contributed by atoms with Crippen LogP contribution in [0.25, 0.3) is 11.4 Å². The lowest BCUT2D eigenvalue weighted by Crippen LogP contribution is -2.23. The molecule has 0 radical (unpaired) electrons. The lowest BCUT2D eigenvalue weighted by molar-refractivity contribution is 0.0950. The van der Waals surface area contributed by atoms with Gasteiger partial charge >= 0.3 is 0 Å². The van der Waals surface area contributed by atoms with E-state index in [1.165, 1.54) is 0 Å². The number of nitrogens with one attached hydrogen (secondary N) is 2. The number of pyridine rings is 1. The van der Waals surface area contributed by atoms with Crippen LogP contribution in [0.4, 0.5) is 5.69 Å². The lowest BCUT2D eigenvalue weighted by Gasteiger charge is -2.11. The number of rotatable bonds is 9. The molecule has 8 heteroatoms. The van der Waals surface area contributed by atoms with Gasteiger partial charge in [-0.1, -0.05) is 12.1 Å². The molecular weight excluding hydrogens is 416 g/mol. The SMILES string of the molecule is CCn1c(CNc2cccc(C(=O)NCc3ccc#cc3OC)c2)nnc1-c1ccncc1. The van der Waals surface area contributed by atoms with Gasteiger partial charge in [-0.3, -0.25) is 9.78 Å². The van der Waals surface area contributed by atoms with Gasteiger partial charge < -0.3 is 19.9 Å². The maximum atomic E-state index is 12.7. The average Bonchev–Trinajstić information content (AvgIpc) is 3.29. The highest BCUT2D eigenvalue weighted by Gasteiger charge is 2.13. The first-order chi connectivity index (χ1) is 16.2. The van der Waals surface area contributed by atoms with E-state index in [1.54, 1.807) is 31.6 Å². The molecule has 0 spiro atoms. The molecule has 8 nitrogen and oxygen atoms in total. The molecule has 0 saturated carbocycles. The van der Waals surface area contributed by atoms with E-state index in [9.17, 15) is 4.79 Å². The number of hydrogen-bond donors (Lipinski definition) is 2. The molecule has 2 N–H and O–H groups in total. The molecule has 0 aliphatic heterocycles. The molecule has 1 amide bonds. The molecule has 166 valence electrons. The van der Waals surface area contributed by atoms with Crippen molar-refractivity contribution in [2.45, 2.75) is 26.6 Å². The molecule has 4 aromatic rings. The summed E-state index contributed by atoms with van der Waals surface area (Å²) in [6, 6.07) is 20.5. The zero-order chi connectivity index (χ0) is 23.0. The number of ether oxygens (including phenoxy) is 1. The van der Waals surface area contributed by atoms with Crippen LogP contribution in [-0.2, 0) is 19.6 Å². The van der Waals surface area contributed by atoms with Crippen molar-refractivity contribution in [2.24, 2.45) is 0 Å². The molecular formula is C25H24N6O2. The van der Waals surface area contributed by atoms with Gasteiger partial charge in [0.05, 0.1) is 13.7 Å². The molecule has 2 aromatic carbocycles. The van der Waals surface area contributed by atoms with E-state index in [0.717, 1.165) is 35.0 Å². The van der Waals surface area contributed by atoms with Crippen LogP contribution >= 0.6 is 0 Å². The van der Waals surface area contributed by atoms with E-state index in [-0.39, 0.29) is 5.91 Å². The third-order valence-electron chi connectivity index (χ3n) is 5.15. The van der Waals surface area contributed by atoms with Gasteiger partial charge in [-0.25, -0.2) is 0 Å². The Bertz CT molecular complexity index is 1220. The smallest absolute Gasteiger partial charge is 0.251 e. The highest BCUT2D eigenvalue weighted by molar-refractivity contribution is 5.95. The molecule has 0 saturated heterocycles. The number of hydrogen-bond acceptors (Lipinski definition) is 6. The molecule has 0 aliphatic carbocycles. The first-order valence-corrected chi connectivity index (χ1v) is 10.6. The summed E-state index contributed by atoms with van der Waals surface area (Å²) in [4.78, 5) is 16.7. The number of nitrogens with zero attached hydrogens (tertiary/aromatic N) is 4. The van der Waals surface area contributed by atoms with Crippen LogP contribution in [0.5, 0.6) is 5.75 Å². The van der Waals surface area contributed by atoms with Crippen LogP contribution in [-0.4, -0.2) is 32.8 Å². The predicted octanol–water partition coefficient (Wildman–Crippen LogP) is 3.51. The number of aromatic nitrogens is 4. The molecule has 33 heavy (non-hydrogen) atoms. The number of carbonyl (C=O) groups is 1. The summed E-state index contributed by atoms with van der Waals surface area (Å²) in [5.41, 5.74) is 3.18. The van der Waals surface area contributed by atoms with Gasteiger partial charge in [-0.15, -0.1) is 10.2 Å². The van der Waals surface area contributed by atoms with Crippen molar-refractivity contribution in [1.29, 1.82) is 0 Å². The minimum Gasteiger partial charge on any atom is -0.488 e. The van der Waals surface area contributed by atoms with Crippen molar-refractivity contribution in [3.8, 4) is 17.1 Å². The Morgan fingerprint density at radius 3 is 2.76 bits per heavy atom. The van der Waals surface area contributed by atoms with Gasteiger partial charge in [0.15, 0.2) is 17.4 Å². The Balaban J connectivity index is 1.41. The van der Waals surface area contributed by atoms with Crippen LogP contribution in [0.2, 0.25) is 0 Å². The van der Waals surface area contributed by atoms with Crippen molar-refractivity contribution in [2.75, 3.05) is 12.4 Å². The van der Waals surface area contributed by atoms with E-state index < -0.39 is 0 Å². The fourth-order valence-corrected chi connectivity index (χ4v) is 3.47. The second-order valence-electron chi connectivity index (χ2n) is 7.20. The summed E-state index contributed by atoms with van der Waals surface area (Å²) in [5.74, 6) is 2.00. The van der Waals surface area contributed by atoms with Crippen molar-refractivity contribution < 1.29 is 9.53 Å². The largest absolute Gasteiger partial charge is 0.488 e. The van der Waals surface area contributed by atoms with E-state index in [2.05, 4.69) is 49.4 Å². The maximum absolute atomic E-state index is 12.7. The molecule has 2 heterocycles. The van der Waals surface area contributed by atoms with Crippen LogP contribution < -0.4 is 15.4 Å². The first kappa shape index (κ1) is 21.8. The second-order valence-corrected chi connectivity index (χ2v) is 7.20. The number of anilines is 1. The first-order valence-electron chi connectivity index (χ1n) is 10.6. The van der Waals surface area contributed by atoms with Gasteiger partial charge in [-0.2, -0.15) is 0 Å². The monoisotopic (exact) mass is 440 g/mol. The maximum Gasteiger partial charge on any atom is 0.251 e. The van der Waals surface area contributed by atoms with Crippen LogP contribution in [0.1, 0.15) is 28.7 Å². The van der Waals surface area contributed by atoms with Gasteiger partial charge in [0.2, 0.25) is 0 Å². The standard InChI is InChI=1S/C25H24N6O2/c1-3-31-23(29-30-24(31)18-11-13-26-14-12-18)17-27-21-9-6-8-19(15-21)25(32)28-16-20-7-4-5-10-22(20)33-2/h4,6-9,11-15,27H,3,16-17H2,1-2H3,(H,28,32). The summed E-state index contributed by atoms with van der Waals surface area (Å²) in [6.07, 6.45) is 3.48. The number of methoxy groups -OCH3 is 1. The molecule has 0 atom stereocenters. The number of amides is 1. The fraction of sp³-hybridized carbons (Fsp3) is 0.200. The average molecular weight is 441 g/mol. The van der Waals surface area contributed by atoms with Gasteiger partial charge in [0, 0.05) is 47.9 Å². The second kappa shape index (κ2) is 10.3. The summed E-state index contributed by atoms with van der Waals surface area (Å²) < 4.78 is 7.32. The van der Waals surface area contributed by atoms with E-state index >= 15 is 0 Å². The van der Waals surface area contributed by atoms with Gasteiger partial charge in [0.25, 0.3) is 5.91 Å². The van der Waals surface area contributed by atoms with Crippen molar-refractivity contribution >= 4 is 11.6 Å². The molecule has 0 unspecified atom stereocenters. The Labute approximate surface area is 192 Å². The Morgan fingerprint density at radius 2 is 1.97 bits per heavy atom. The third-order valence-corrected chi connectivity index (χ3v) is 5.15. The van der Waals surface area contributed by atoms with Crippen molar-refractivity contribution in [1.82, 2.24) is 25.1 Å². The van der Waals surface area contributed by atoms with E-state index in [1.807, 2.05) is 36.4 Å². The molecule has 0 bridgehead atoms. The van der Waals surface area contributed by atoms with E-state index in [4.69, 9.17) is 4.74 Å². The number of carbonyl (C=O) groups excluding carboxylic acids is 1. The summed E-state index contributed by atoms with van der Waals surface area (Å²) in [6.45, 7) is 3.61. The summed E-state index contributed by atoms with van der Waals surface area (Å²) >= 11 is 0. The normalized spacial score (nSPS) is 10.4. The molecule has 0 fully saturated rings. The molecule has 4 rings (SSSR count).